The summed E-state index contributed by atoms with van der Waals surface area (Å²) in [6, 6.07) is 6.22. The molecule has 0 amide bonds. The standard InChI is InChI=1S/C15H20O3/c1-4-12-5-6-14(17-3)13(7-12)15(8-11(2)16)9-18-10-15/h5-7H,4,8-10H2,1-3H3. The maximum atomic E-state index is 11.5. The molecule has 1 aliphatic rings. The molecule has 1 aliphatic heterocycles. The molecule has 3 heteroatoms. The number of hydrogen-bond donors (Lipinski definition) is 0. The predicted molar refractivity (Wildman–Crippen MR) is 70.2 cm³/mol. The van der Waals surface area contributed by atoms with Crippen LogP contribution in [0.25, 0.3) is 0 Å². The molecular weight excluding hydrogens is 228 g/mol. The fourth-order valence-electron chi connectivity index (χ4n) is 2.57. The molecule has 1 saturated heterocycles. The van der Waals surface area contributed by atoms with Crippen LogP contribution in [0.1, 0.15) is 31.4 Å². The molecule has 2 rings (SSSR count). The first-order valence-corrected chi connectivity index (χ1v) is 6.36. The van der Waals surface area contributed by atoms with Crippen molar-refractivity contribution in [3.63, 3.8) is 0 Å². The second-order valence-corrected chi connectivity index (χ2v) is 5.04. The van der Waals surface area contributed by atoms with Crippen LogP contribution in [0.5, 0.6) is 5.75 Å². The Morgan fingerprint density at radius 3 is 2.61 bits per heavy atom. The number of methoxy groups -OCH3 is 1. The van der Waals surface area contributed by atoms with Crippen LogP contribution in [0.2, 0.25) is 0 Å². The van der Waals surface area contributed by atoms with Crippen molar-refractivity contribution in [3.05, 3.63) is 29.3 Å². The van der Waals surface area contributed by atoms with Gasteiger partial charge in [-0.2, -0.15) is 0 Å². The second-order valence-electron chi connectivity index (χ2n) is 5.04. The molecule has 98 valence electrons. The Balaban J connectivity index is 2.43. The SMILES string of the molecule is CCc1ccc(OC)c(C2(CC(C)=O)COC2)c1. The number of ether oxygens (including phenoxy) is 2. The van der Waals surface area contributed by atoms with E-state index in [-0.39, 0.29) is 11.2 Å². The van der Waals surface area contributed by atoms with Crippen LogP contribution < -0.4 is 4.74 Å². The van der Waals surface area contributed by atoms with Crippen LogP contribution in [0.15, 0.2) is 18.2 Å². The molecule has 0 aliphatic carbocycles. The smallest absolute Gasteiger partial charge is 0.130 e. The maximum Gasteiger partial charge on any atom is 0.130 e. The van der Waals surface area contributed by atoms with Gasteiger partial charge in [0.25, 0.3) is 0 Å². The fourth-order valence-corrected chi connectivity index (χ4v) is 2.57. The van der Waals surface area contributed by atoms with E-state index in [2.05, 4.69) is 19.1 Å². The molecule has 18 heavy (non-hydrogen) atoms. The highest BCUT2D eigenvalue weighted by Gasteiger charge is 2.43. The zero-order valence-corrected chi connectivity index (χ0v) is 11.3. The van der Waals surface area contributed by atoms with Gasteiger partial charge in [0.1, 0.15) is 11.5 Å². The molecule has 1 aromatic rings. The summed E-state index contributed by atoms with van der Waals surface area (Å²) in [7, 11) is 1.67. The van der Waals surface area contributed by atoms with Crippen molar-refractivity contribution in [2.24, 2.45) is 0 Å². The normalized spacial score (nSPS) is 17.1. The van der Waals surface area contributed by atoms with Gasteiger partial charge in [0.15, 0.2) is 0 Å². The minimum absolute atomic E-state index is 0.178. The Hall–Kier alpha value is -1.35. The molecule has 1 heterocycles. The monoisotopic (exact) mass is 248 g/mol. The molecule has 0 spiro atoms. The Kier molecular flexibility index (Phi) is 3.71. The van der Waals surface area contributed by atoms with Gasteiger partial charge in [-0.3, -0.25) is 4.79 Å². The van der Waals surface area contributed by atoms with E-state index in [1.54, 1.807) is 14.0 Å². The van der Waals surface area contributed by atoms with Gasteiger partial charge in [-0.25, -0.2) is 0 Å². The van der Waals surface area contributed by atoms with E-state index >= 15 is 0 Å². The van der Waals surface area contributed by atoms with Gasteiger partial charge in [0.2, 0.25) is 0 Å². The number of hydrogen-bond acceptors (Lipinski definition) is 3. The van der Waals surface area contributed by atoms with Gasteiger partial charge in [-0.15, -0.1) is 0 Å². The van der Waals surface area contributed by atoms with E-state index in [0.29, 0.717) is 19.6 Å². The molecule has 1 aromatic carbocycles. The van der Waals surface area contributed by atoms with Gasteiger partial charge in [-0.1, -0.05) is 19.1 Å². The van der Waals surface area contributed by atoms with E-state index in [1.165, 1.54) is 5.56 Å². The predicted octanol–water partition coefficient (Wildman–Crippen LogP) is 2.50. The first kappa shape index (κ1) is 13.1. The second kappa shape index (κ2) is 5.11. The summed E-state index contributed by atoms with van der Waals surface area (Å²) in [5.74, 6) is 1.05. The minimum Gasteiger partial charge on any atom is -0.496 e. The third-order valence-electron chi connectivity index (χ3n) is 3.59. The van der Waals surface area contributed by atoms with Gasteiger partial charge in [0, 0.05) is 12.0 Å². The Bertz CT molecular complexity index is 447. The summed E-state index contributed by atoms with van der Waals surface area (Å²) >= 11 is 0. The first-order valence-electron chi connectivity index (χ1n) is 6.36. The lowest BCUT2D eigenvalue weighted by Crippen LogP contribution is -2.48. The zero-order chi connectivity index (χ0) is 13.2. The van der Waals surface area contributed by atoms with Crippen LogP contribution in [0.3, 0.4) is 0 Å². The van der Waals surface area contributed by atoms with Gasteiger partial charge < -0.3 is 9.47 Å². The minimum atomic E-state index is -0.178. The number of carbonyl (C=O) groups is 1. The number of aryl methyl sites for hydroxylation is 1. The number of Topliss-reactive ketones (excluding diaryl/α,β-unsaturated/α-hetero) is 1. The van der Waals surface area contributed by atoms with Crippen molar-refractivity contribution in [1.29, 1.82) is 0 Å². The highest BCUT2D eigenvalue weighted by molar-refractivity contribution is 5.77. The third-order valence-corrected chi connectivity index (χ3v) is 3.59. The van der Waals surface area contributed by atoms with Crippen molar-refractivity contribution in [2.75, 3.05) is 20.3 Å². The van der Waals surface area contributed by atoms with Crippen molar-refractivity contribution in [2.45, 2.75) is 32.1 Å². The van der Waals surface area contributed by atoms with Crippen LogP contribution in [-0.4, -0.2) is 26.1 Å². The molecular formula is C15H20O3. The van der Waals surface area contributed by atoms with Crippen molar-refractivity contribution in [1.82, 2.24) is 0 Å². The number of rotatable bonds is 5. The molecule has 0 unspecified atom stereocenters. The van der Waals surface area contributed by atoms with Crippen molar-refractivity contribution in [3.8, 4) is 5.75 Å². The van der Waals surface area contributed by atoms with E-state index in [9.17, 15) is 4.79 Å². The average Bonchev–Trinajstić information content (AvgIpc) is 2.32. The molecule has 1 fully saturated rings. The molecule has 0 aromatic heterocycles. The average molecular weight is 248 g/mol. The Morgan fingerprint density at radius 2 is 2.17 bits per heavy atom. The maximum absolute atomic E-state index is 11.5. The van der Waals surface area contributed by atoms with E-state index in [4.69, 9.17) is 9.47 Å². The summed E-state index contributed by atoms with van der Waals surface area (Å²) in [4.78, 5) is 11.5. The molecule has 0 radical (unpaired) electrons. The molecule has 0 saturated carbocycles. The Labute approximate surface area is 108 Å². The third kappa shape index (κ3) is 2.27. The van der Waals surface area contributed by atoms with Crippen molar-refractivity contribution >= 4 is 5.78 Å². The largest absolute Gasteiger partial charge is 0.496 e. The van der Waals surface area contributed by atoms with Gasteiger partial charge >= 0.3 is 0 Å². The van der Waals surface area contributed by atoms with Crippen LogP contribution in [0.4, 0.5) is 0 Å². The fraction of sp³-hybridized carbons (Fsp3) is 0.533. The molecule has 3 nitrogen and oxygen atoms in total. The number of carbonyl (C=O) groups excluding carboxylic acids is 1. The highest BCUT2D eigenvalue weighted by Crippen LogP contribution is 2.41. The summed E-state index contributed by atoms with van der Waals surface area (Å²) in [5.41, 5.74) is 2.20. The number of benzene rings is 1. The van der Waals surface area contributed by atoms with E-state index < -0.39 is 0 Å². The van der Waals surface area contributed by atoms with E-state index in [1.807, 2.05) is 6.07 Å². The van der Waals surface area contributed by atoms with Crippen LogP contribution in [0, 0.1) is 0 Å². The molecule has 0 atom stereocenters. The quantitative estimate of drug-likeness (QED) is 0.803. The van der Waals surface area contributed by atoms with Crippen LogP contribution in [-0.2, 0) is 21.4 Å². The van der Waals surface area contributed by atoms with Gasteiger partial charge in [0.05, 0.1) is 25.7 Å². The summed E-state index contributed by atoms with van der Waals surface area (Å²) in [6.45, 7) is 4.98. The molecule has 0 N–H and O–H groups in total. The van der Waals surface area contributed by atoms with Crippen LogP contribution >= 0.6 is 0 Å². The first-order chi connectivity index (χ1) is 8.61. The lowest BCUT2D eigenvalue weighted by Gasteiger charge is -2.42. The molecule has 0 bridgehead atoms. The summed E-state index contributed by atoms with van der Waals surface area (Å²) in [5, 5.41) is 0. The zero-order valence-electron chi connectivity index (χ0n) is 11.3. The number of ketones is 1. The van der Waals surface area contributed by atoms with E-state index in [0.717, 1.165) is 17.7 Å². The Morgan fingerprint density at radius 1 is 1.44 bits per heavy atom. The summed E-state index contributed by atoms with van der Waals surface area (Å²) in [6.07, 6.45) is 1.50. The lowest BCUT2D eigenvalue weighted by molar-refractivity contribution is -0.125. The topological polar surface area (TPSA) is 35.5 Å². The lowest BCUT2D eigenvalue weighted by atomic mass is 9.74. The van der Waals surface area contributed by atoms with Gasteiger partial charge in [-0.05, 0) is 25.0 Å². The summed E-state index contributed by atoms with van der Waals surface area (Å²) < 4.78 is 10.8. The highest BCUT2D eigenvalue weighted by atomic mass is 16.5. The van der Waals surface area contributed by atoms with Crippen molar-refractivity contribution < 1.29 is 14.3 Å².